The Labute approximate surface area is 164 Å². The van der Waals surface area contributed by atoms with E-state index in [-0.39, 0.29) is 17.8 Å². The molecule has 1 aromatic carbocycles. The summed E-state index contributed by atoms with van der Waals surface area (Å²) < 4.78 is 41.1. The lowest BCUT2D eigenvalue weighted by Gasteiger charge is -2.39. The van der Waals surface area contributed by atoms with Gasteiger partial charge in [-0.2, -0.15) is 13.2 Å². The number of urea groups is 1. The second-order valence-electron chi connectivity index (χ2n) is 7.41. The fourth-order valence-corrected chi connectivity index (χ4v) is 3.11. The molecule has 2 N–H and O–H groups in total. The van der Waals surface area contributed by atoms with Crippen LogP contribution in [0.4, 0.5) is 23.7 Å². The average Bonchev–Trinajstić information content (AvgIpc) is 2.62. The van der Waals surface area contributed by atoms with Crippen molar-refractivity contribution >= 4 is 11.7 Å². The second-order valence-corrected chi connectivity index (χ2v) is 7.41. The number of alkyl halides is 3. The first-order chi connectivity index (χ1) is 13.1. The number of amides is 2. The Kier molecular flexibility index (Phi) is 7.94. The molecule has 1 unspecified atom stereocenters. The van der Waals surface area contributed by atoms with E-state index in [9.17, 15) is 18.0 Å². The fourth-order valence-electron chi connectivity index (χ4n) is 3.11. The maximum atomic E-state index is 12.2. The van der Waals surface area contributed by atoms with Gasteiger partial charge >= 0.3 is 12.2 Å². The molecule has 1 aliphatic rings. The van der Waals surface area contributed by atoms with Crippen LogP contribution in [0.2, 0.25) is 0 Å². The molecule has 2 rings (SSSR count). The first kappa shape index (κ1) is 22.3. The quantitative estimate of drug-likeness (QED) is 0.736. The number of piperazine rings is 1. The molecule has 1 heterocycles. The minimum absolute atomic E-state index is 0.0956. The van der Waals surface area contributed by atoms with Crippen LogP contribution in [-0.2, 0) is 0 Å². The predicted molar refractivity (Wildman–Crippen MR) is 103 cm³/mol. The maximum absolute atomic E-state index is 12.2. The van der Waals surface area contributed by atoms with Crippen molar-refractivity contribution in [3.8, 4) is 5.75 Å². The predicted octanol–water partition coefficient (Wildman–Crippen LogP) is 3.02. The topological polar surface area (TPSA) is 56.8 Å². The van der Waals surface area contributed by atoms with E-state index in [1.165, 1.54) is 24.3 Å². The summed E-state index contributed by atoms with van der Waals surface area (Å²) in [6.45, 7) is 7.44. The van der Waals surface area contributed by atoms with Crippen LogP contribution in [0.5, 0.6) is 5.75 Å². The lowest BCUT2D eigenvalue weighted by Crippen LogP contribution is -2.54. The standard InChI is InChI=1S/C19H29F3N4O2/c1-14(2)17(26-10-8-25(3)9-11-26)12-23-18(27)24-15-4-6-16(7-5-15)28-13-19(20,21)22/h4-7,14,17H,8-13H2,1-3H3,(H2,23,24,27). The van der Waals surface area contributed by atoms with Gasteiger partial charge in [0.2, 0.25) is 0 Å². The Morgan fingerprint density at radius 2 is 1.75 bits per heavy atom. The molecular formula is C19H29F3N4O2. The summed E-state index contributed by atoms with van der Waals surface area (Å²) in [5.74, 6) is 0.493. The molecule has 0 spiro atoms. The molecule has 1 aromatic rings. The normalized spacial score (nSPS) is 17.4. The molecule has 2 amide bonds. The summed E-state index contributed by atoms with van der Waals surface area (Å²) in [7, 11) is 2.10. The van der Waals surface area contributed by atoms with Gasteiger partial charge in [-0.3, -0.25) is 4.90 Å². The van der Waals surface area contributed by atoms with Crippen LogP contribution in [0.1, 0.15) is 13.8 Å². The number of carbonyl (C=O) groups is 1. The Morgan fingerprint density at radius 3 is 2.29 bits per heavy atom. The van der Waals surface area contributed by atoms with E-state index in [1.54, 1.807) is 0 Å². The van der Waals surface area contributed by atoms with Crippen molar-refractivity contribution < 1.29 is 22.7 Å². The van der Waals surface area contributed by atoms with Crippen LogP contribution in [0.3, 0.4) is 0 Å². The van der Waals surface area contributed by atoms with E-state index in [0.717, 1.165) is 26.2 Å². The molecule has 0 aromatic heterocycles. The van der Waals surface area contributed by atoms with Gasteiger partial charge in [0.15, 0.2) is 6.61 Å². The molecule has 0 radical (unpaired) electrons. The van der Waals surface area contributed by atoms with E-state index in [0.29, 0.717) is 18.2 Å². The minimum atomic E-state index is -4.38. The number of likely N-dealkylation sites (N-methyl/N-ethyl adjacent to an activating group) is 1. The van der Waals surface area contributed by atoms with Gasteiger partial charge in [0.1, 0.15) is 5.75 Å². The Morgan fingerprint density at radius 1 is 1.14 bits per heavy atom. The number of ether oxygens (including phenoxy) is 1. The third-order valence-corrected chi connectivity index (χ3v) is 4.76. The number of hydrogen-bond donors (Lipinski definition) is 2. The van der Waals surface area contributed by atoms with Gasteiger partial charge in [-0.1, -0.05) is 13.8 Å². The first-order valence-electron chi connectivity index (χ1n) is 9.41. The van der Waals surface area contributed by atoms with Crippen LogP contribution in [0.15, 0.2) is 24.3 Å². The molecule has 0 saturated carbocycles. The number of hydrogen-bond acceptors (Lipinski definition) is 4. The monoisotopic (exact) mass is 402 g/mol. The number of halogens is 3. The number of rotatable bonds is 7. The van der Waals surface area contributed by atoms with Gasteiger partial charge < -0.3 is 20.3 Å². The third-order valence-electron chi connectivity index (χ3n) is 4.76. The first-order valence-corrected chi connectivity index (χ1v) is 9.41. The van der Waals surface area contributed by atoms with Gasteiger partial charge in [0, 0.05) is 44.5 Å². The summed E-state index contributed by atoms with van der Waals surface area (Å²) in [4.78, 5) is 16.9. The molecule has 158 valence electrons. The summed E-state index contributed by atoms with van der Waals surface area (Å²) >= 11 is 0. The number of nitrogens with zero attached hydrogens (tertiary/aromatic N) is 2. The summed E-state index contributed by atoms with van der Waals surface area (Å²) in [5.41, 5.74) is 0.484. The lowest BCUT2D eigenvalue weighted by molar-refractivity contribution is -0.153. The van der Waals surface area contributed by atoms with E-state index in [2.05, 4.69) is 46.1 Å². The lowest BCUT2D eigenvalue weighted by atomic mass is 10.0. The van der Waals surface area contributed by atoms with Crippen LogP contribution in [0, 0.1) is 5.92 Å². The smallest absolute Gasteiger partial charge is 0.422 e. The number of carbonyl (C=O) groups excluding carboxylic acids is 1. The van der Waals surface area contributed by atoms with Crippen LogP contribution >= 0.6 is 0 Å². The molecule has 1 fully saturated rings. The highest BCUT2D eigenvalue weighted by atomic mass is 19.4. The molecular weight excluding hydrogens is 373 g/mol. The van der Waals surface area contributed by atoms with Gasteiger partial charge in [-0.05, 0) is 37.2 Å². The van der Waals surface area contributed by atoms with Crippen LogP contribution < -0.4 is 15.4 Å². The van der Waals surface area contributed by atoms with Crippen molar-refractivity contribution in [3.63, 3.8) is 0 Å². The van der Waals surface area contributed by atoms with E-state index >= 15 is 0 Å². The minimum Gasteiger partial charge on any atom is -0.484 e. The zero-order chi connectivity index (χ0) is 20.7. The average molecular weight is 402 g/mol. The number of nitrogens with one attached hydrogen (secondary N) is 2. The molecule has 9 heteroatoms. The third kappa shape index (κ3) is 7.55. The van der Waals surface area contributed by atoms with Crippen molar-refractivity contribution in [3.05, 3.63) is 24.3 Å². The largest absolute Gasteiger partial charge is 0.484 e. The Hall–Kier alpha value is -2.00. The molecule has 0 aliphatic carbocycles. The molecule has 28 heavy (non-hydrogen) atoms. The molecule has 0 bridgehead atoms. The highest BCUT2D eigenvalue weighted by Gasteiger charge is 2.28. The molecule has 1 atom stereocenters. The summed E-state index contributed by atoms with van der Waals surface area (Å²) in [6.07, 6.45) is -4.38. The van der Waals surface area contributed by atoms with Crippen molar-refractivity contribution in [2.24, 2.45) is 5.92 Å². The van der Waals surface area contributed by atoms with Gasteiger partial charge in [-0.15, -0.1) is 0 Å². The van der Waals surface area contributed by atoms with Crippen molar-refractivity contribution in [2.75, 3.05) is 51.7 Å². The van der Waals surface area contributed by atoms with Gasteiger partial charge in [0.25, 0.3) is 0 Å². The number of benzene rings is 1. The fraction of sp³-hybridized carbons (Fsp3) is 0.632. The zero-order valence-corrected chi connectivity index (χ0v) is 16.6. The van der Waals surface area contributed by atoms with E-state index in [4.69, 9.17) is 0 Å². The molecule has 6 nitrogen and oxygen atoms in total. The zero-order valence-electron chi connectivity index (χ0n) is 16.6. The van der Waals surface area contributed by atoms with Crippen LogP contribution in [0.25, 0.3) is 0 Å². The summed E-state index contributed by atoms with van der Waals surface area (Å²) in [6, 6.07) is 5.70. The van der Waals surface area contributed by atoms with E-state index in [1.807, 2.05) is 0 Å². The number of anilines is 1. The highest BCUT2D eigenvalue weighted by Crippen LogP contribution is 2.20. The van der Waals surface area contributed by atoms with Crippen molar-refractivity contribution in [1.29, 1.82) is 0 Å². The van der Waals surface area contributed by atoms with E-state index < -0.39 is 12.8 Å². The SMILES string of the molecule is CC(C)C(CNC(=O)Nc1ccc(OCC(F)(F)F)cc1)N1CCN(C)CC1. The Balaban J connectivity index is 1.80. The summed E-state index contributed by atoms with van der Waals surface area (Å²) in [5, 5.41) is 5.59. The van der Waals surface area contributed by atoms with Crippen molar-refractivity contribution in [2.45, 2.75) is 26.1 Å². The van der Waals surface area contributed by atoms with Crippen LogP contribution in [-0.4, -0.2) is 74.4 Å². The second kappa shape index (κ2) is 9.97. The maximum Gasteiger partial charge on any atom is 0.422 e. The Bertz CT molecular complexity index is 615. The van der Waals surface area contributed by atoms with Crippen molar-refractivity contribution in [1.82, 2.24) is 15.1 Å². The highest BCUT2D eigenvalue weighted by molar-refractivity contribution is 5.89. The van der Waals surface area contributed by atoms with Gasteiger partial charge in [-0.25, -0.2) is 4.79 Å². The van der Waals surface area contributed by atoms with Gasteiger partial charge in [0.05, 0.1) is 0 Å². The molecule has 1 saturated heterocycles. The molecule has 1 aliphatic heterocycles.